The maximum absolute atomic E-state index is 12.2. The van der Waals surface area contributed by atoms with E-state index in [0.717, 1.165) is 12.8 Å². The summed E-state index contributed by atoms with van der Waals surface area (Å²) in [5.41, 5.74) is 1.43. The highest BCUT2D eigenvalue weighted by molar-refractivity contribution is 5.88. The quantitative estimate of drug-likeness (QED) is 0.605. The fourth-order valence-electron chi connectivity index (χ4n) is 3.48. The van der Waals surface area contributed by atoms with Crippen LogP contribution in [0.3, 0.4) is 0 Å². The van der Waals surface area contributed by atoms with Gasteiger partial charge in [0.1, 0.15) is 5.75 Å². The number of carboxylic acids is 1. The smallest absolute Gasteiger partial charge is 0.412 e. The number of hydrogen-bond donors (Lipinski definition) is 2. The van der Waals surface area contributed by atoms with Crippen LogP contribution in [0.1, 0.15) is 37.8 Å². The van der Waals surface area contributed by atoms with Crippen LogP contribution < -0.4 is 10.1 Å². The molecule has 1 amide bonds. The van der Waals surface area contributed by atoms with E-state index < -0.39 is 18.7 Å². The molecule has 0 radical (unpaired) electrons. The summed E-state index contributed by atoms with van der Waals surface area (Å²) in [7, 11) is 1.61. The number of halogens is 1. The average Bonchev–Trinajstić information content (AvgIpc) is 3.10. The number of aryl methyl sites for hydroxylation is 2. The molecule has 0 aromatic carbocycles. The largest absolute Gasteiger partial charge is 0.489 e. The third kappa shape index (κ3) is 5.68. The number of nitrogens with one attached hydrogen (secondary N) is 1. The second kappa shape index (κ2) is 10.2. The molecule has 168 valence electrons. The van der Waals surface area contributed by atoms with Crippen LogP contribution >= 0.6 is 0 Å². The molecular formula is C20H26FN5O5. The second-order valence-electron chi connectivity index (χ2n) is 7.44. The second-order valence-corrected chi connectivity index (χ2v) is 7.44. The van der Waals surface area contributed by atoms with E-state index in [0.29, 0.717) is 41.5 Å². The van der Waals surface area contributed by atoms with Crippen molar-refractivity contribution in [1.82, 2.24) is 20.0 Å². The molecule has 2 atom stereocenters. The van der Waals surface area contributed by atoms with Crippen molar-refractivity contribution in [3.8, 4) is 17.1 Å². The SMILES string of the molecule is Cc1nc(-c2nnn(C)c2NC(=O)OCCCF)ccc1O[C@H]1CCC[C@H](C(=O)O)C1. The fourth-order valence-corrected chi connectivity index (χ4v) is 3.48. The minimum atomic E-state index is -0.788. The van der Waals surface area contributed by atoms with Crippen LogP contribution in [-0.2, 0) is 16.6 Å². The van der Waals surface area contributed by atoms with Gasteiger partial charge in [-0.2, -0.15) is 0 Å². The maximum Gasteiger partial charge on any atom is 0.412 e. The van der Waals surface area contributed by atoms with Crippen molar-refractivity contribution in [3.05, 3.63) is 17.8 Å². The molecule has 1 saturated carbocycles. The number of aliphatic carboxylic acids is 1. The van der Waals surface area contributed by atoms with Crippen molar-refractivity contribution in [1.29, 1.82) is 0 Å². The van der Waals surface area contributed by atoms with Crippen LogP contribution in [0, 0.1) is 12.8 Å². The predicted octanol–water partition coefficient (Wildman–Crippen LogP) is 3.12. The van der Waals surface area contributed by atoms with E-state index in [1.54, 1.807) is 26.1 Å². The van der Waals surface area contributed by atoms with E-state index in [1.807, 2.05) is 0 Å². The lowest BCUT2D eigenvalue weighted by Crippen LogP contribution is -2.29. The standard InChI is InChI=1S/C20H26FN5O5/c1-12-16(31-14-6-3-5-13(11-14)19(27)28)8-7-15(22-12)17-18(26(2)25-24-17)23-20(29)30-10-4-9-21/h7-8,13-14H,3-6,9-11H2,1-2H3,(H,23,29)(H,27,28)/t13-,14-/m0/s1. The Morgan fingerprint density at radius 1 is 1.35 bits per heavy atom. The highest BCUT2D eigenvalue weighted by Crippen LogP contribution is 2.31. The molecular weight excluding hydrogens is 409 g/mol. The lowest BCUT2D eigenvalue weighted by atomic mass is 9.87. The van der Waals surface area contributed by atoms with Crippen molar-refractivity contribution in [2.45, 2.75) is 45.1 Å². The number of hydrogen-bond acceptors (Lipinski definition) is 7. The van der Waals surface area contributed by atoms with E-state index in [9.17, 15) is 19.1 Å². The van der Waals surface area contributed by atoms with Crippen LogP contribution in [0.2, 0.25) is 0 Å². The van der Waals surface area contributed by atoms with Gasteiger partial charge in [0.25, 0.3) is 0 Å². The van der Waals surface area contributed by atoms with Gasteiger partial charge in [0.05, 0.1) is 36.7 Å². The summed E-state index contributed by atoms with van der Waals surface area (Å²) in [6.07, 6.45) is 1.97. The van der Waals surface area contributed by atoms with Gasteiger partial charge in [-0.3, -0.25) is 14.5 Å². The van der Waals surface area contributed by atoms with Crippen molar-refractivity contribution in [3.63, 3.8) is 0 Å². The van der Waals surface area contributed by atoms with Gasteiger partial charge >= 0.3 is 12.1 Å². The number of ether oxygens (including phenoxy) is 2. The summed E-state index contributed by atoms with van der Waals surface area (Å²) in [5.74, 6) is -0.306. The van der Waals surface area contributed by atoms with E-state index in [-0.39, 0.29) is 25.0 Å². The minimum absolute atomic E-state index is 0.0315. The molecule has 3 rings (SSSR count). The van der Waals surface area contributed by atoms with Gasteiger partial charge in [0.2, 0.25) is 0 Å². The monoisotopic (exact) mass is 435 g/mol. The van der Waals surface area contributed by atoms with Gasteiger partial charge in [-0.05, 0) is 44.7 Å². The number of nitrogens with zero attached hydrogens (tertiary/aromatic N) is 4. The molecule has 0 spiro atoms. The number of anilines is 1. The maximum atomic E-state index is 12.2. The molecule has 1 aliphatic rings. The van der Waals surface area contributed by atoms with Crippen LogP contribution in [0.25, 0.3) is 11.4 Å². The summed E-state index contributed by atoms with van der Waals surface area (Å²) in [6.45, 7) is 1.18. The third-order valence-corrected chi connectivity index (χ3v) is 5.11. The Labute approximate surface area is 178 Å². The van der Waals surface area contributed by atoms with Crippen LogP contribution in [0.4, 0.5) is 15.0 Å². The molecule has 1 aliphatic carbocycles. The molecule has 31 heavy (non-hydrogen) atoms. The zero-order valence-corrected chi connectivity index (χ0v) is 17.5. The topological polar surface area (TPSA) is 128 Å². The molecule has 10 nitrogen and oxygen atoms in total. The Hall–Kier alpha value is -3.24. The lowest BCUT2D eigenvalue weighted by Gasteiger charge is -2.27. The molecule has 11 heteroatoms. The Kier molecular flexibility index (Phi) is 7.37. The summed E-state index contributed by atoms with van der Waals surface area (Å²) in [5, 5.41) is 19.8. The Morgan fingerprint density at radius 3 is 2.87 bits per heavy atom. The van der Waals surface area contributed by atoms with Crippen molar-refractivity contribution in [2.24, 2.45) is 13.0 Å². The molecule has 0 bridgehead atoms. The number of carboxylic acid groups (broad SMARTS) is 1. The summed E-state index contributed by atoms with van der Waals surface area (Å²) in [6, 6.07) is 3.45. The Bertz CT molecular complexity index is 935. The summed E-state index contributed by atoms with van der Waals surface area (Å²) < 4.78 is 24.5. The average molecular weight is 435 g/mol. The van der Waals surface area contributed by atoms with Crippen LogP contribution in [0.5, 0.6) is 5.75 Å². The van der Waals surface area contributed by atoms with E-state index in [1.165, 1.54) is 4.68 Å². The van der Waals surface area contributed by atoms with E-state index >= 15 is 0 Å². The first kappa shape index (κ1) is 22.4. The number of amides is 1. The van der Waals surface area contributed by atoms with Crippen LogP contribution in [0.15, 0.2) is 12.1 Å². The van der Waals surface area contributed by atoms with Gasteiger partial charge < -0.3 is 14.6 Å². The number of alkyl halides is 1. The van der Waals surface area contributed by atoms with Crippen LogP contribution in [-0.4, -0.2) is 56.5 Å². The summed E-state index contributed by atoms with van der Waals surface area (Å²) >= 11 is 0. The van der Waals surface area contributed by atoms with Crippen molar-refractivity contribution < 1.29 is 28.6 Å². The highest BCUT2D eigenvalue weighted by atomic mass is 19.1. The highest BCUT2D eigenvalue weighted by Gasteiger charge is 2.28. The Balaban J connectivity index is 1.71. The predicted molar refractivity (Wildman–Crippen MR) is 109 cm³/mol. The van der Waals surface area contributed by atoms with Gasteiger partial charge in [-0.25, -0.2) is 14.5 Å². The zero-order chi connectivity index (χ0) is 22.4. The minimum Gasteiger partial charge on any atom is -0.489 e. The lowest BCUT2D eigenvalue weighted by molar-refractivity contribution is -0.143. The number of carbonyl (C=O) groups is 2. The third-order valence-electron chi connectivity index (χ3n) is 5.11. The van der Waals surface area contributed by atoms with Gasteiger partial charge in [-0.1, -0.05) is 5.21 Å². The molecule has 0 aliphatic heterocycles. The van der Waals surface area contributed by atoms with Crippen molar-refractivity contribution in [2.75, 3.05) is 18.6 Å². The number of rotatable bonds is 8. The number of aromatic nitrogens is 4. The van der Waals surface area contributed by atoms with Crippen molar-refractivity contribution >= 4 is 17.9 Å². The molecule has 0 unspecified atom stereocenters. The number of carbonyl (C=O) groups excluding carboxylic acids is 1. The number of pyridine rings is 1. The summed E-state index contributed by atoms with van der Waals surface area (Å²) in [4.78, 5) is 27.7. The zero-order valence-electron chi connectivity index (χ0n) is 17.5. The first-order valence-corrected chi connectivity index (χ1v) is 10.2. The first-order valence-electron chi connectivity index (χ1n) is 10.2. The Morgan fingerprint density at radius 2 is 2.16 bits per heavy atom. The van der Waals surface area contributed by atoms with Gasteiger partial charge in [0.15, 0.2) is 11.5 Å². The molecule has 2 heterocycles. The molecule has 1 fully saturated rings. The normalized spacial score (nSPS) is 18.4. The molecule has 2 aromatic heterocycles. The molecule has 0 saturated heterocycles. The first-order chi connectivity index (χ1) is 14.9. The molecule has 2 aromatic rings. The van der Waals surface area contributed by atoms with Gasteiger partial charge in [-0.15, -0.1) is 5.10 Å². The van der Waals surface area contributed by atoms with E-state index in [2.05, 4.69) is 20.6 Å². The molecule has 2 N–H and O–H groups in total. The van der Waals surface area contributed by atoms with Gasteiger partial charge in [0, 0.05) is 13.5 Å². The fraction of sp³-hybridized carbons (Fsp3) is 0.550. The van der Waals surface area contributed by atoms with E-state index in [4.69, 9.17) is 9.47 Å².